The third-order valence-electron chi connectivity index (χ3n) is 4.11. The lowest BCUT2D eigenvalue weighted by molar-refractivity contribution is 0.0764. The van der Waals surface area contributed by atoms with Gasteiger partial charge < -0.3 is 4.90 Å². The van der Waals surface area contributed by atoms with Crippen LogP contribution in [-0.4, -0.2) is 17.4 Å². The van der Waals surface area contributed by atoms with Crippen LogP contribution in [0.25, 0.3) is 10.8 Å². The average Bonchev–Trinajstić information content (AvgIpc) is 2.67. The van der Waals surface area contributed by atoms with Crippen LogP contribution in [-0.2, 0) is 6.54 Å². The molecular formula is C22H18N2O. The number of benzene rings is 3. The van der Waals surface area contributed by atoms with E-state index >= 15 is 0 Å². The van der Waals surface area contributed by atoms with E-state index < -0.39 is 0 Å². The second-order valence-electron chi connectivity index (χ2n) is 5.81. The van der Waals surface area contributed by atoms with E-state index in [0.29, 0.717) is 24.2 Å². The molecule has 0 atom stereocenters. The molecule has 0 saturated carbocycles. The van der Waals surface area contributed by atoms with Gasteiger partial charge in [-0.05, 0) is 34.5 Å². The van der Waals surface area contributed by atoms with Crippen LogP contribution in [0.4, 0.5) is 0 Å². The summed E-state index contributed by atoms with van der Waals surface area (Å²) in [5.41, 5.74) is 2.28. The highest BCUT2D eigenvalue weighted by Crippen LogP contribution is 2.21. The molecule has 0 fully saturated rings. The highest BCUT2D eigenvalue weighted by Gasteiger charge is 2.17. The van der Waals surface area contributed by atoms with Crippen molar-refractivity contribution in [3.63, 3.8) is 0 Å². The van der Waals surface area contributed by atoms with Crippen molar-refractivity contribution >= 4 is 16.7 Å². The summed E-state index contributed by atoms with van der Waals surface area (Å²) >= 11 is 0. The predicted molar refractivity (Wildman–Crippen MR) is 100 cm³/mol. The van der Waals surface area contributed by atoms with Gasteiger partial charge in [-0.2, -0.15) is 5.26 Å². The van der Waals surface area contributed by atoms with Crippen molar-refractivity contribution in [2.24, 2.45) is 0 Å². The molecule has 0 aliphatic heterocycles. The fraction of sp³-hybridized carbons (Fsp3) is 0.0909. The molecule has 0 bridgehead atoms. The van der Waals surface area contributed by atoms with Crippen LogP contribution in [0.5, 0.6) is 0 Å². The minimum absolute atomic E-state index is 0.0268. The van der Waals surface area contributed by atoms with Gasteiger partial charge in [0, 0.05) is 18.7 Å². The SMILES string of the molecule is C=CCN(Cc1ccc(C#N)cc1)C(=O)c1cccc2ccccc12. The largest absolute Gasteiger partial charge is 0.331 e. The third kappa shape index (κ3) is 3.59. The molecule has 0 N–H and O–H groups in total. The maximum Gasteiger partial charge on any atom is 0.255 e. The van der Waals surface area contributed by atoms with Crippen molar-refractivity contribution < 1.29 is 4.79 Å². The quantitative estimate of drug-likeness (QED) is 0.646. The Morgan fingerprint density at radius 2 is 1.76 bits per heavy atom. The molecule has 3 nitrogen and oxygen atoms in total. The monoisotopic (exact) mass is 326 g/mol. The molecule has 0 aromatic heterocycles. The Kier molecular flexibility index (Phi) is 4.92. The Labute approximate surface area is 147 Å². The Bertz CT molecular complexity index is 946. The number of amides is 1. The van der Waals surface area contributed by atoms with Gasteiger partial charge in [0.25, 0.3) is 5.91 Å². The second-order valence-corrected chi connectivity index (χ2v) is 5.81. The van der Waals surface area contributed by atoms with Crippen molar-refractivity contribution in [1.82, 2.24) is 4.90 Å². The molecular weight excluding hydrogens is 308 g/mol. The Balaban J connectivity index is 1.92. The molecule has 0 unspecified atom stereocenters. The summed E-state index contributed by atoms with van der Waals surface area (Å²) in [7, 11) is 0. The topological polar surface area (TPSA) is 44.1 Å². The molecule has 3 rings (SSSR count). The van der Waals surface area contributed by atoms with Crippen LogP contribution in [0.1, 0.15) is 21.5 Å². The van der Waals surface area contributed by atoms with Gasteiger partial charge in [0.15, 0.2) is 0 Å². The Hall–Kier alpha value is -3.38. The lowest BCUT2D eigenvalue weighted by atomic mass is 10.0. The number of hydrogen-bond acceptors (Lipinski definition) is 2. The van der Waals surface area contributed by atoms with Crippen molar-refractivity contribution in [1.29, 1.82) is 5.26 Å². The fourth-order valence-corrected chi connectivity index (χ4v) is 2.86. The van der Waals surface area contributed by atoms with E-state index in [1.54, 1.807) is 23.1 Å². The average molecular weight is 326 g/mol. The maximum atomic E-state index is 13.1. The van der Waals surface area contributed by atoms with Gasteiger partial charge in [0.2, 0.25) is 0 Å². The van der Waals surface area contributed by atoms with Gasteiger partial charge in [-0.3, -0.25) is 4.79 Å². The summed E-state index contributed by atoms with van der Waals surface area (Å²) in [5.74, 6) is -0.0268. The van der Waals surface area contributed by atoms with E-state index in [1.165, 1.54) is 0 Å². The molecule has 3 aromatic rings. The van der Waals surface area contributed by atoms with E-state index in [1.807, 2.05) is 54.6 Å². The number of fused-ring (bicyclic) bond motifs is 1. The Morgan fingerprint density at radius 1 is 1.04 bits per heavy atom. The van der Waals surface area contributed by atoms with E-state index in [-0.39, 0.29) is 5.91 Å². The summed E-state index contributed by atoms with van der Waals surface area (Å²) in [6, 6.07) is 23.1. The lowest BCUT2D eigenvalue weighted by Gasteiger charge is -2.22. The van der Waals surface area contributed by atoms with Gasteiger partial charge in [-0.1, -0.05) is 54.6 Å². The first-order valence-electron chi connectivity index (χ1n) is 8.10. The van der Waals surface area contributed by atoms with Crippen LogP contribution in [0.15, 0.2) is 79.4 Å². The number of hydrogen-bond donors (Lipinski definition) is 0. The van der Waals surface area contributed by atoms with Gasteiger partial charge in [-0.25, -0.2) is 0 Å². The van der Waals surface area contributed by atoms with Crippen molar-refractivity contribution in [3.8, 4) is 6.07 Å². The number of carbonyl (C=O) groups is 1. The molecule has 0 saturated heterocycles. The van der Waals surface area contributed by atoms with Crippen LogP contribution in [0.3, 0.4) is 0 Å². The number of carbonyl (C=O) groups excluding carboxylic acids is 1. The van der Waals surface area contributed by atoms with E-state index in [4.69, 9.17) is 5.26 Å². The van der Waals surface area contributed by atoms with Gasteiger partial charge in [-0.15, -0.1) is 6.58 Å². The standard InChI is InChI=1S/C22H18N2O/c1-2-14-24(16-18-12-10-17(15-23)11-13-18)22(25)21-9-5-7-19-6-3-4-8-20(19)21/h2-13H,1,14,16H2. The summed E-state index contributed by atoms with van der Waals surface area (Å²) in [4.78, 5) is 14.9. The summed E-state index contributed by atoms with van der Waals surface area (Å²) < 4.78 is 0. The van der Waals surface area contributed by atoms with Crippen LogP contribution >= 0.6 is 0 Å². The molecule has 3 aromatic carbocycles. The van der Waals surface area contributed by atoms with E-state index in [2.05, 4.69) is 12.6 Å². The second kappa shape index (κ2) is 7.46. The number of nitriles is 1. The van der Waals surface area contributed by atoms with Gasteiger partial charge in [0.05, 0.1) is 11.6 Å². The number of rotatable bonds is 5. The maximum absolute atomic E-state index is 13.1. The molecule has 25 heavy (non-hydrogen) atoms. The fourth-order valence-electron chi connectivity index (χ4n) is 2.86. The molecule has 0 radical (unpaired) electrons. The zero-order valence-electron chi connectivity index (χ0n) is 13.9. The van der Waals surface area contributed by atoms with Gasteiger partial charge in [0.1, 0.15) is 0 Å². The molecule has 0 aliphatic rings. The van der Waals surface area contributed by atoms with Crippen LogP contribution < -0.4 is 0 Å². The van der Waals surface area contributed by atoms with Crippen molar-refractivity contribution in [2.75, 3.05) is 6.54 Å². The smallest absolute Gasteiger partial charge is 0.255 e. The number of nitrogens with zero attached hydrogens (tertiary/aromatic N) is 2. The van der Waals surface area contributed by atoms with Crippen molar-refractivity contribution in [2.45, 2.75) is 6.54 Å². The highest BCUT2D eigenvalue weighted by molar-refractivity contribution is 6.07. The minimum atomic E-state index is -0.0268. The first-order valence-corrected chi connectivity index (χ1v) is 8.10. The minimum Gasteiger partial charge on any atom is -0.331 e. The normalized spacial score (nSPS) is 10.2. The summed E-state index contributed by atoms with van der Waals surface area (Å²) in [5, 5.41) is 10.9. The van der Waals surface area contributed by atoms with Crippen molar-refractivity contribution in [3.05, 3.63) is 96.1 Å². The third-order valence-corrected chi connectivity index (χ3v) is 4.11. The summed E-state index contributed by atoms with van der Waals surface area (Å²) in [6.45, 7) is 4.70. The molecule has 122 valence electrons. The Morgan fingerprint density at radius 3 is 2.48 bits per heavy atom. The highest BCUT2D eigenvalue weighted by atomic mass is 16.2. The molecule has 0 aliphatic carbocycles. The van der Waals surface area contributed by atoms with Crippen LogP contribution in [0, 0.1) is 11.3 Å². The first-order chi connectivity index (χ1) is 12.2. The molecule has 0 spiro atoms. The molecule has 1 amide bonds. The zero-order chi connectivity index (χ0) is 17.6. The lowest BCUT2D eigenvalue weighted by Crippen LogP contribution is -2.30. The first kappa shape index (κ1) is 16.5. The van der Waals surface area contributed by atoms with Crippen LogP contribution in [0.2, 0.25) is 0 Å². The summed E-state index contributed by atoms with van der Waals surface area (Å²) in [6.07, 6.45) is 1.73. The predicted octanol–water partition coefficient (Wildman–Crippen LogP) is 4.54. The molecule has 3 heteroatoms. The van der Waals surface area contributed by atoms with E-state index in [9.17, 15) is 4.79 Å². The van der Waals surface area contributed by atoms with E-state index in [0.717, 1.165) is 16.3 Å². The zero-order valence-corrected chi connectivity index (χ0v) is 13.9. The molecule has 0 heterocycles. The van der Waals surface area contributed by atoms with Gasteiger partial charge >= 0.3 is 0 Å².